The van der Waals surface area contributed by atoms with E-state index in [1.54, 1.807) is 0 Å². The fraction of sp³-hybridized carbons (Fsp3) is 0.586. The van der Waals surface area contributed by atoms with E-state index in [-0.39, 0.29) is 5.79 Å². The summed E-state index contributed by atoms with van der Waals surface area (Å²) in [6, 6.07) is 15.1. The van der Waals surface area contributed by atoms with E-state index >= 15 is 0 Å². The second-order valence-corrected chi connectivity index (χ2v) is 12.0. The Morgan fingerprint density at radius 1 is 0.917 bits per heavy atom. The van der Waals surface area contributed by atoms with Gasteiger partial charge in [0.05, 0.1) is 13.2 Å². The van der Waals surface area contributed by atoms with E-state index in [4.69, 9.17) is 14.2 Å². The van der Waals surface area contributed by atoms with Crippen molar-refractivity contribution in [3.63, 3.8) is 0 Å². The van der Waals surface area contributed by atoms with E-state index in [1.807, 2.05) is 18.4 Å². The first-order valence-corrected chi connectivity index (χ1v) is 14.3. The minimum atomic E-state index is -1.24. The van der Waals surface area contributed by atoms with Crippen molar-refractivity contribution in [2.75, 3.05) is 19.5 Å². The van der Waals surface area contributed by atoms with Gasteiger partial charge in [-0.05, 0) is 71.6 Å². The number of aliphatic hydroxyl groups excluding tert-OH is 3. The zero-order valence-corrected chi connectivity index (χ0v) is 21.7. The van der Waals surface area contributed by atoms with Crippen molar-refractivity contribution in [1.29, 1.82) is 0 Å². The van der Waals surface area contributed by atoms with Crippen LogP contribution in [0.3, 0.4) is 0 Å². The number of rotatable bonds is 5. The van der Waals surface area contributed by atoms with Crippen molar-refractivity contribution in [1.82, 2.24) is 0 Å². The third-order valence-electron chi connectivity index (χ3n) is 8.98. The molecule has 2 saturated carbocycles. The molecule has 36 heavy (non-hydrogen) atoms. The van der Waals surface area contributed by atoms with Crippen LogP contribution in [0.1, 0.15) is 59.6 Å². The van der Waals surface area contributed by atoms with E-state index in [1.165, 1.54) is 34.9 Å². The third-order valence-corrected chi connectivity index (χ3v) is 9.84. The first-order valence-electron chi connectivity index (χ1n) is 13.0. The summed E-state index contributed by atoms with van der Waals surface area (Å²) < 4.78 is 17.9. The van der Waals surface area contributed by atoms with Crippen LogP contribution in [-0.4, -0.2) is 64.3 Å². The number of aliphatic hydroxyl groups is 3. The van der Waals surface area contributed by atoms with Crippen LogP contribution in [0.25, 0.3) is 0 Å². The highest BCUT2D eigenvalue weighted by Gasteiger charge is 2.62. The average Bonchev–Trinajstić information content (AvgIpc) is 3.44. The lowest BCUT2D eigenvalue weighted by molar-refractivity contribution is -0.200. The van der Waals surface area contributed by atoms with Crippen LogP contribution in [0.15, 0.2) is 42.5 Å². The summed E-state index contributed by atoms with van der Waals surface area (Å²) in [4.78, 5) is 0. The molecule has 2 saturated heterocycles. The van der Waals surface area contributed by atoms with Gasteiger partial charge in [0.25, 0.3) is 0 Å². The first-order chi connectivity index (χ1) is 17.3. The highest BCUT2D eigenvalue weighted by molar-refractivity contribution is 7.99. The van der Waals surface area contributed by atoms with Gasteiger partial charge in [-0.3, -0.25) is 0 Å². The molecule has 6 rings (SSSR count). The lowest BCUT2D eigenvalue weighted by Gasteiger charge is -2.40. The Kier molecular flexibility index (Phi) is 6.48. The molecule has 2 heterocycles. The fourth-order valence-electron chi connectivity index (χ4n) is 6.65. The van der Waals surface area contributed by atoms with Crippen LogP contribution in [0.4, 0.5) is 0 Å². The number of hydrogen-bond donors (Lipinski definition) is 3. The second kappa shape index (κ2) is 9.38. The maximum atomic E-state index is 10.6. The normalized spacial score (nSPS) is 37.1. The summed E-state index contributed by atoms with van der Waals surface area (Å²) in [5, 5.41) is 31.2. The fourth-order valence-corrected chi connectivity index (χ4v) is 7.32. The SMILES string of the molecule is CS[C@H]1O[C@@H](c2ccc(C)c(Cc3ccc([C@@]45CCC6(C[C@@H]4C5)OCCO6)cc3)c2)[C@H](O)[C@@H](O)[C@@H]1O. The van der Waals surface area contributed by atoms with Crippen LogP contribution in [-0.2, 0) is 26.0 Å². The molecule has 0 amide bonds. The Morgan fingerprint density at radius 3 is 2.36 bits per heavy atom. The molecule has 7 atom stereocenters. The standard InChI is InChI=1S/C29H36O6S/c1-17-3-6-19(26-24(31)23(30)25(32)27(35-26)36-2)14-20(17)13-18-4-7-21(8-5-18)28-9-10-29(16-22(28)15-28)33-11-12-34-29/h3-8,14,22-27,30-32H,9-13,15-16H2,1-2H3/t22-,23+,24+,25-,26-,27+,28-/m0/s1. The van der Waals surface area contributed by atoms with E-state index in [2.05, 4.69) is 37.3 Å². The van der Waals surface area contributed by atoms with Crippen molar-refractivity contribution in [2.45, 2.75) is 80.1 Å². The summed E-state index contributed by atoms with van der Waals surface area (Å²) in [6.07, 6.45) is 2.72. The molecular formula is C29H36O6S. The molecule has 4 fully saturated rings. The topological polar surface area (TPSA) is 88.4 Å². The zero-order valence-electron chi connectivity index (χ0n) is 20.9. The van der Waals surface area contributed by atoms with Crippen molar-refractivity contribution in [2.24, 2.45) is 5.92 Å². The minimum absolute atomic E-state index is 0.294. The largest absolute Gasteiger partial charge is 0.387 e. The second-order valence-electron chi connectivity index (χ2n) is 11.1. The van der Waals surface area contributed by atoms with Gasteiger partial charge >= 0.3 is 0 Å². The Balaban J connectivity index is 1.17. The number of hydrogen-bond acceptors (Lipinski definition) is 7. The molecule has 0 radical (unpaired) electrons. The zero-order chi connectivity index (χ0) is 25.1. The molecule has 2 aliphatic heterocycles. The maximum Gasteiger partial charge on any atom is 0.168 e. The Labute approximate surface area is 217 Å². The van der Waals surface area contributed by atoms with Gasteiger partial charge in [0.1, 0.15) is 29.9 Å². The monoisotopic (exact) mass is 512 g/mol. The van der Waals surface area contributed by atoms with Crippen molar-refractivity contribution < 1.29 is 29.5 Å². The summed E-state index contributed by atoms with van der Waals surface area (Å²) in [5.41, 5.74) is 5.53. The Hall–Kier alpha value is -1.45. The summed E-state index contributed by atoms with van der Waals surface area (Å²) in [5.74, 6) is 0.335. The van der Waals surface area contributed by atoms with Gasteiger partial charge in [0, 0.05) is 12.8 Å². The Bertz CT molecular complexity index is 1100. The van der Waals surface area contributed by atoms with Crippen LogP contribution < -0.4 is 0 Å². The van der Waals surface area contributed by atoms with Crippen molar-refractivity contribution in [3.8, 4) is 0 Å². The molecule has 0 aromatic heterocycles. The number of ether oxygens (including phenoxy) is 3. The predicted molar refractivity (Wildman–Crippen MR) is 138 cm³/mol. The predicted octanol–water partition coefficient (Wildman–Crippen LogP) is 3.61. The van der Waals surface area contributed by atoms with Gasteiger partial charge in [-0.15, -0.1) is 11.8 Å². The molecule has 6 nitrogen and oxygen atoms in total. The summed E-state index contributed by atoms with van der Waals surface area (Å²) >= 11 is 1.33. The summed E-state index contributed by atoms with van der Waals surface area (Å²) in [7, 11) is 0. The quantitative estimate of drug-likeness (QED) is 0.564. The number of thioether (sulfide) groups is 1. The molecular weight excluding hydrogens is 476 g/mol. The highest BCUT2D eigenvalue weighted by atomic mass is 32.2. The number of benzene rings is 2. The smallest absolute Gasteiger partial charge is 0.168 e. The highest BCUT2D eigenvalue weighted by Crippen LogP contribution is 2.65. The van der Waals surface area contributed by atoms with Crippen molar-refractivity contribution in [3.05, 3.63) is 70.3 Å². The van der Waals surface area contributed by atoms with Gasteiger partial charge in [-0.1, -0.05) is 42.5 Å². The average molecular weight is 513 g/mol. The molecule has 2 aromatic rings. The van der Waals surface area contributed by atoms with Gasteiger partial charge in [-0.25, -0.2) is 0 Å². The summed E-state index contributed by atoms with van der Waals surface area (Å²) in [6.45, 7) is 3.54. The van der Waals surface area contributed by atoms with E-state index in [0.29, 0.717) is 11.3 Å². The molecule has 0 bridgehead atoms. The van der Waals surface area contributed by atoms with E-state index in [0.717, 1.165) is 50.0 Å². The van der Waals surface area contributed by atoms with Gasteiger partial charge in [0.2, 0.25) is 0 Å². The molecule has 4 aliphatic rings. The van der Waals surface area contributed by atoms with Gasteiger partial charge in [0.15, 0.2) is 5.79 Å². The van der Waals surface area contributed by atoms with Crippen LogP contribution >= 0.6 is 11.8 Å². The third kappa shape index (κ3) is 4.23. The van der Waals surface area contributed by atoms with Crippen LogP contribution in [0.2, 0.25) is 0 Å². The van der Waals surface area contributed by atoms with E-state index < -0.39 is 29.9 Å². The number of aryl methyl sites for hydroxylation is 1. The molecule has 3 N–H and O–H groups in total. The molecule has 1 spiro atoms. The molecule has 2 aliphatic carbocycles. The molecule has 194 valence electrons. The van der Waals surface area contributed by atoms with E-state index in [9.17, 15) is 15.3 Å². The number of fused-ring (bicyclic) bond motifs is 1. The maximum absolute atomic E-state index is 10.6. The minimum Gasteiger partial charge on any atom is -0.387 e. The first kappa shape index (κ1) is 24.9. The molecule has 0 unspecified atom stereocenters. The van der Waals surface area contributed by atoms with Crippen molar-refractivity contribution >= 4 is 11.8 Å². The van der Waals surface area contributed by atoms with Crippen LogP contribution in [0, 0.1) is 12.8 Å². The molecule has 2 aromatic carbocycles. The van der Waals surface area contributed by atoms with Gasteiger partial charge < -0.3 is 29.5 Å². The molecule has 7 heteroatoms. The lowest BCUT2D eigenvalue weighted by Crippen LogP contribution is -2.52. The van der Waals surface area contributed by atoms with Crippen LogP contribution in [0.5, 0.6) is 0 Å². The Morgan fingerprint density at radius 2 is 1.67 bits per heavy atom. The lowest BCUT2D eigenvalue weighted by atomic mass is 9.79. The van der Waals surface area contributed by atoms with Gasteiger partial charge in [-0.2, -0.15) is 0 Å².